The van der Waals surface area contributed by atoms with Gasteiger partial charge in [-0.3, -0.25) is 0 Å². The summed E-state index contributed by atoms with van der Waals surface area (Å²) in [5.74, 6) is 0.962. The van der Waals surface area contributed by atoms with Gasteiger partial charge in [0.15, 0.2) is 0 Å². The van der Waals surface area contributed by atoms with Crippen LogP contribution in [0.1, 0.15) is 70.4 Å². The molecule has 4 heteroatoms. The number of benzene rings is 2. The van der Waals surface area contributed by atoms with Crippen LogP contribution in [0.3, 0.4) is 0 Å². The number of hydrogen-bond donors (Lipinski definition) is 0. The minimum atomic E-state index is -2.73. The van der Waals surface area contributed by atoms with Crippen molar-refractivity contribution >= 4 is 39.8 Å². The summed E-state index contributed by atoms with van der Waals surface area (Å²) in [6.07, 6.45) is 12.0. The van der Waals surface area contributed by atoms with Crippen LogP contribution in [0.15, 0.2) is 42.5 Å². The molecule has 2 nitrogen and oxygen atoms in total. The first kappa shape index (κ1) is 28.7. The summed E-state index contributed by atoms with van der Waals surface area (Å²) in [5.41, 5.74) is 3.63. The SMILES string of the molecule is CCC[CH2][Sn]([CH2]CCC)([CH2]CCC)[c]1cc(/C=C/c2ccc(N(C)C)cc2)ccc1OCCF. The van der Waals surface area contributed by atoms with Gasteiger partial charge in [-0.05, 0) is 0 Å². The van der Waals surface area contributed by atoms with Crippen molar-refractivity contribution in [1.29, 1.82) is 0 Å². The van der Waals surface area contributed by atoms with Crippen LogP contribution in [-0.4, -0.2) is 45.8 Å². The number of ether oxygens (including phenoxy) is 1. The van der Waals surface area contributed by atoms with Crippen LogP contribution in [0.4, 0.5) is 10.1 Å². The fourth-order valence-electron chi connectivity index (χ4n) is 4.74. The molecule has 0 amide bonds. The van der Waals surface area contributed by atoms with E-state index in [1.165, 1.54) is 72.2 Å². The Morgan fingerprint density at radius 3 is 1.82 bits per heavy atom. The molecule has 2 rings (SSSR count). The van der Waals surface area contributed by atoms with Gasteiger partial charge in [-0.1, -0.05) is 0 Å². The third kappa shape index (κ3) is 8.62. The first-order valence-electron chi connectivity index (χ1n) is 13.3. The molecule has 0 aromatic heterocycles. The molecule has 2 aromatic rings. The molecular weight excluding hydrogens is 528 g/mol. The van der Waals surface area contributed by atoms with E-state index < -0.39 is 25.1 Å². The molecule has 0 unspecified atom stereocenters. The zero-order chi connectivity index (χ0) is 24.8. The molecule has 0 N–H and O–H groups in total. The average molecular weight is 574 g/mol. The molecule has 34 heavy (non-hydrogen) atoms. The predicted molar refractivity (Wildman–Crippen MR) is 152 cm³/mol. The van der Waals surface area contributed by atoms with Crippen LogP contribution in [0.2, 0.25) is 13.3 Å². The van der Waals surface area contributed by atoms with Gasteiger partial charge >= 0.3 is 213 Å². The van der Waals surface area contributed by atoms with Crippen molar-refractivity contribution in [2.75, 3.05) is 32.3 Å². The number of rotatable bonds is 16. The second-order valence-electron chi connectivity index (χ2n) is 9.70. The van der Waals surface area contributed by atoms with E-state index in [4.69, 9.17) is 4.74 Å². The molecule has 0 heterocycles. The molecule has 0 radical (unpaired) electrons. The van der Waals surface area contributed by atoms with Crippen LogP contribution in [-0.2, 0) is 0 Å². The molecule has 0 bridgehead atoms. The van der Waals surface area contributed by atoms with Crippen molar-refractivity contribution in [2.24, 2.45) is 0 Å². The van der Waals surface area contributed by atoms with Gasteiger partial charge in [0.05, 0.1) is 0 Å². The van der Waals surface area contributed by atoms with Gasteiger partial charge in [0.25, 0.3) is 0 Å². The topological polar surface area (TPSA) is 12.5 Å². The monoisotopic (exact) mass is 575 g/mol. The van der Waals surface area contributed by atoms with Gasteiger partial charge in [-0.2, -0.15) is 0 Å². The Kier molecular flexibility index (Phi) is 13.1. The molecular formula is C30H46FNOSn. The molecule has 188 valence electrons. The van der Waals surface area contributed by atoms with Gasteiger partial charge in [0, 0.05) is 0 Å². The van der Waals surface area contributed by atoms with Crippen LogP contribution in [0, 0.1) is 0 Å². The maximum absolute atomic E-state index is 13.1. The van der Waals surface area contributed by atoms with Gasteiger partial charge in [-0.15, -0.1) is 0 Å². The second kappa shape index (κ2) is 15.5. The van der Waals surface area contributed by atoms with Gasteiger partial charge in [-0.25, -0.2) is 0 Å². The standard InChI is InChI=1S/C18H19FNO.3C4H9.Sn/c1-20(2)17-9-5-15(6-10-17)3-4-16-7-11-18(12-8-16)21-14-13-19;3*1-3-4-2;/h3-11H,13-14H2,1-2H3;3*1,3-4H2,2H3;/b4-3+;;;;. The summed E-state index contributed by atoms with van der Waals surface area (Å²) in [6, 6.07) is 15.3. The number of halogens is 1. The number of nitrogens with zero attached hydrogens (tertiary/aromatic N) is 1. The zero-order valence-corrected chi connectivity index (χ0v) is 25.1. The summed E-state index contributed by atoms with van der Waals surface area (Å²) in [6.45, 7) is 6.62. The molecule has 0 aliphatic carbocycles. The molecule has 0 atom stereocenters. The zero-order valence-electron chi connectivity index (χ0n) is 22.2. The number of unbranched alkanes of at least 4 members (excludes halogenated alkanes) is 3. The van der Waals surface area contributed by atoms with Gasteiger partial charge < -0.3 is 0 Å². The van der Waals surface area contributed by atoms with E-state index in [-0.39, 0.29) is 6.61 Å². The minimum absolute atomic E-state index is 0.150. The van der Waals surface area contributed by atoms with Crippen molar-refractivity contribution in [3.63, 3.8) is 0 Å². The van der Waals surface area contributed by atoms with Gasteiger partial charge in [0.2, 0.25) is 0 Å². The van der Waals surface area contributed by atoms with Crippen molar-refractivity contribution < 1.29 is 9.13 Å². The van der Waals surface area contributed by atoms with Crippen molar-refractivity contribution in [3.8, 4) is 5.75 Å². The fraction of sp³-hybridized carbons (Fsp3) is 0.533. The Morgan fingerprint density at radius 1 is 0.794 bits per heavy atom. The number of alkyl halides is 1. The third-order valence-corrected chi connectivity index (χ3v) is 22.4. The molecule has 0 aliphatic rings. The molecule has 0 spiro atoms. The Balaban J connectivity index is 2.47. The third-order valence-electron chi connectivity index (χ3n) is 6.81. The van der Waals surface area contributed by atoms with E-state index >= 15 is 0 Å². The number of hydrogen-bond acceptors (Lipinski definition) is 2. The predicted octanol–water partition coefficient (Wildman–Crippen LogP) is 8.33. The fourth-order valence-corrected chi connectivity index (χ4v) is 21.3. The summed E-state index contributed by atoms with van der Waals surface area (Å²) in [4.78, 5) is 2.12. The van der Waals surface area contributed by atoms with E-state index in [0.29, 0.717) is 0 Å². The van der Waals surface area contributed by atoms with Crippen LogP contribution in [0.5, 0.6) is 5.75 Å². The Bertz CT molecular complexity index is 841. The number of anilines is 1. The summed E-state index contributed by atoms with van der Waals surface area (Å²) < 4.78 is 24.7. The van der Waals surface area contributed by atoms with E-state index in [9.17, 15) is 4.39 Å². The van der Waals surface area contributed by atoms with E-state index in [2.05, 4.69) is 94.4 Å². The Morgan fingerprint density at radius 2 is 1.32 bits per heavy atom. The molecule has 0 saturated heterocycles. The van der Waals surface area contributed by atoms with Gasteiger partial charge in [0.1, 0.15) is 0 Å². The van der Waals surface area contributed by atoms with E-state index in [0.717, 1.165) is 5.75 Å². The first-order chi connectivity index (χ1) is 16.5. The maximum atomic E-state index is 13.1. The summed E-state index contributed by atoms with van der Waals surface area (Å²) >= 11 is -2.73. The average Bonchev–Trinajstić information content (AvgIpc) is 2.86. The molecule has 0 aliphatic heterocycles. The van der Waals surface area contributed by atoms with Crippen LogP contribution in [0.25, 0.3) is 12.2 Å². The van der Waals surface area contributed by atoms with E-state index in [1.54, 1.807) is 0 Å². The normalized spacial score (nSPS) is 11.8. The van der Waals surface area contributed by atoms with Crippen molar-refractivity contribution in [3.05, 3.63) is 53.6 Å². The molecule has 2 aromatic carbocycles. The summed E-state index contributed by atoms with van der Waals surface area (Å²) in [7, 11) is 4.12. The molecule has 0 saturated carbocycles. The van der Waals surface area contributed by atoms with Crippen molar-refractivity contribution in [1.82, 2.24) is 0 Å². The Hall–Kier alpha value is -1.49. The van der Waals surface area contributed by atoms with Crippen LogP contribution < -0.4 is 13.2 Å². The summed E-state index contributed by atoms with van der Waals surface area (Å²) in [5, 5.41) is 0. The molecule has 0 fully saturated rings. The van der Waals surface area contributed by atoms with E-state index in [1.807, 2.05) is 0 Å². The second-order valence-corrected chi connectivity index (χ2v) is 22.8. The first-order valence-corrected chi connectivity index (χ1v) is 20.8. The Labute approximate surface area is 212 Å². The quantitative estimate of drug-likeness (QED) is 0.148. The van der Waals surface area contributed by atoms with Crippen LogP contribution >= 0.6 is 0 Å². The van der Waals surface area contributed by atoms with Crippen molar-refractivity contribution in [2.45, 2.75) is 72.6 Å².